The number of hydrogen-bond acceptors (Lipinski definition) is 14. The molecule has 0 saturated heterocycles. The summed E-state index contributed by atoms with van der Waals surface area (Å²) in [5.41, 5.74) is 0. The van der Waals surface area contributed by atoms with Crippen molar-refractivity contribution < 1.29 is 75.8 Å². The second-order valence-corrected chi connectivity index (χ2v) is 25.5. The van der Waals surface area contributed by atoms with E-state index in [0.29, 0.717) is 19.3 Å². The van der Waals surface area contributed by atoms with Gasteiger partial charge in [0.05, 0.1) is 26.4 Å². The maximum absolute atomic E-state index is 12.9. The van der Waals surface area contributed by atoms with Gasteiger partial charge in [-0.05, 0) is 89.9 Å². The number of aliphatic hydroxyl groups is 2. The highest BCUT2D eigenvalue weighted by atomic mass is 31.2. The summed E-state index contributed by atoms with van der Waals surface area (Å²) in [5, 5.41) is 20.5. The predicted molar refractivity (Wildman–Crippen MR) is 344 cm³/mol. The fourth-order valence-electron chi connectivity index (χ4n) is 9.02. The normalized spacial score (nSPS) is 14.7. The molecule has 496 valence electrons. The molecule has 0 amide bonds. The maximum atomic E-state index is 12.9. The zero-order valence-corrected chi connectivity index (χ0v) is 55.3. The minimum Gasteiger partial charge on any atom is -0.463 e. The number of phosphoric acid groups is 2. The minimum absolute atomic E-state index is 0.0984. The average Bonchev–Trinajstić information content (AvgIpc) is 3.51. The van der Waals surface area contributed by atoms with Crippen molar-refractivity contribution in [1.82, 2.24) is 0 Å². The van der Waals surface area contributed by atoms with Crippen LogP contribution in [0.2, 0.25) is 0 Å². The number of allylic oxidation sites excluding steroid dienone is 10. The quantitative estimate of drug-likeness (QED) is 0.0146. The van der Waals surface area contributed by atoms with Gasteiger partial charge in [-0.3, -0.25) is 32.5 Å². The van der Waals surface area contributed by atoms with E-state index in [9.17, 15) is 43.5 Å². The Hall–Kier alpha value is -2.75. The van der Waals surface area contributed by atoms with Gasteiger partial charge in [0.25, 0.3) is 0 Å². The molecule has 18 heteroatoms. The Labute approximate surface area is 516 Å². The number of rotatable bonds is 64. The van der Waals surface area contributed by atoms with Gasteiger partial charge in [0.2, 0.25) is 0 Å². The van der Waals surface area contributed by atoms with Crippen molar-refractivity contribution in [2.45, 2.75) is 309 Å². The molecule has 5 unspecified atom stereocenters. The molecule has 0 aromatic carbocycles. The van der Waals surface area contributed by atoms with Gasteiger partial charge in [-0.2, -0.15) is 0 Å². The molecule has 0 bridgehead atoms. The van der Waals surface area contributed by atoms with E-state index >= 15 is 0 Å². The number of unbranched alkanes of at least 4 members (excludes halogenated alkanes) is 31. The van der Waals surface area contributed by atoms with E-state index in [4.69, 9.17) is 32.3 Å². The molecule has 0 rings (SSSR count). The van der Waals surface area contributed by atoms with Crippen LogP contribution in [0.15, 0.2) is 60.8 Å². The number of esters is 3. The van der Waals surface area contributed by atoms with Crippen LogP contribution in [0, 0.1) is 0 Å². The van der Waals surface area contributed by atoms with Crippen LogP contribution >= 0.6 is 15.6 Å². The molecule has 85 heavy (non-hydrogen) atoms. The van der Waals surface area contributed by atoms with Crippen LogP contribution in [0.3, 0.4) is 0 Å². The molecule has 0 saturated carbocycles. The van der Waals surface area contributed by atoms with Crippen molar-refractivity contribution in [3.8, 4) is 0 Å². The second-order valence-electron chi connectivity index (χ2n) is 22.6. The topological polar surface area (TPSA) is 231 Å². The summed E-state index contributed by atoms with van der Waals surface area (Å²) >= 11 is 0. The molecule has 16 nitrogen and oxygen atoms in total. The molecular weight excluding hydrogens is 1120 g/mol. The molecule has 0 aliphatic heterocycles. The van der Waals surface area contributed by atoms with E-state index < -0.39 is 91.5 Å². The van der Waals surface area contributed by atoms with Crippen LogP contribution in [0.4, 0.5) is 0 Å². The molecule has 0 aromatic rings. The van der Waals surface area contributed by atoms with Crippen LogP contribution in [-0.4, -0.2) is 95.9 Å². The van der Waals surface area contributed by atoms with Gasteiger partial charge in [0, 0.05) is 19.3 Å². The van der Waals surface area contributed by atoms with Gasteiger partial charge in [-0.1, -0.05) is 242 Å². The lowest BCUT2D eigenvalue weighted by molar-refractivity contribution is -0.161. The molecule has 0 fully saturated rings. The lowest BCUT2D eigenvalue weighted by Gasteiger charge is -2.21. The third kappa shape index (κ3) is 62.7. The van der Waals surface area contributed by atoms with Gasteiger partial charge in [0.15, 0.2) is 6.10 Å². The van der Waals surface area contributed by atoms with Gasteiger partial charge in [-0.15, -0.1) is 0 Å². The molecule has 0 aliphatic carbocycles. The van der Waals surface area contributed by atoms with E-state index in [1.807, 2.05) is 0 Å². The standard InChI is InChI=1S/C67H122O16P2/c1-4-7-10-13-16-19-22-25-27-28-29-30-31-32-34-37-38-41-44-47-50-53-65(70)77-56-62(68)57-79-84(73,74)80-58-63(69)59-81-85(75,76)82-61-64(83-67(72)55-52-49-46-43-40-35-24-21-18-15-12-9-6-3)60-78-66(71)54-51-48-45-42-39-36-33-26-23-20-17-14-11-8-5-2/h16,19,21,24-25,27,29-30,32,34,62-64,68-69H,4-15,17-18,20,22-23,26,28,31,33,35-61H2,1-3H3,(H,73,74)(H,75,76)/b19-16-,24-21-,27-25-,30-29-,34-32-. The highest BCUT2D eigenvalue weighted by Crippen LogP contribution is 2.45. The van der Waals surface area contributed by atoms with Crippen molar-refractivity contribution in [2.75, 3.05) is 39.6 Å². The second kappa shape index (κ2) is 61.5. The summed E-state index contributed by atoms with van der Waals surface area (Å²) in [7, 11) is -9.76. The third-order valence-electron chi connectivity index (χ3n) is 14.2. The van der Waals surface area contributed by atoms with Crippen molar-refractivity contribution in [1.29, 1.82) is 0 Å². The van der Waals surface area contributed by atoms with E-state index in [1.54, 1.807) is 0 Å². The Balaban J connectivity index is 4.60. The number of hydrogen-bond donors (Lipinski definition) is 4. The van der Waals surface area contributed by atoms with Crippen LogP contribution in [0.1, 0.15) is 290 Å². The molecule has 5 atom stereocenters. The number of carbonyl (C=O) groups excluding carboxylic acids is 3. The smallest absolute Gasteiger partial charge is 0.463 e. The van der Waals surface area contributed by atoms with Crippen molar-refractivity contribution >= 4 is 33.6 Å². The first-order valence-corrected chi connectivity index (χ1v) is 36.6. The highest BCUT2D eigenvalue weighted by Gasteiger charge is 2.29. The third-order valence-corrected chi connectivity index (χ3v) is 16.1. The lowest BCUT2D eigenvalue weighted by Crippen LogP contribution is -2.30. The SMILES string of the molecule is CCCCC/C=C\C/C=C\C/C=C\C/C=C\CCCCCCCC(=O)OCC(O)COP(=O)(O)OCC(O)COP(=O)(O)OCC(COC(=O)CCCCCCCCCCCCCCCCC)OC(=O)CCCCCCC/C=C\CCCCCC. The maximum Gasteiger partial charge on any atom is 0.472 e. The van der Waals surface area contributed by atoms with E-state index in [0.717, 1.165) is 109 Å². The first-order chi connectivity index (χ1) is 41.2. The predicted octanol–water partition coefficient (Wildman–Crippen LogP) is 18.2. The highest BCUT2D eigenvalue weighted by molar-refractivity contribution is 7.47. The molecule has 0 radical (unpaired) electrons. The lowest BCUT2D eigenvalue weighted by atomic mass is 10.0. The Kier molecular flexibility index (Phi) is 59.5. The summed E-state index contributed by atoms with van der Waals surface area (Å²) in [6, 6.07) is 0. The molecular formula is C67H122O16P2. The first kappa shape index (κ1) is 82.2. The number of aliphatic hydroxyl groups excluding tert-OH is 2. The van der Waals surface area contributed by atoms with E-state index in [-0.39, 0.29) is 19.3 Å². The Morgan fingerprint density at radius 3 is 0.976 bits per heavy atom. The van der Waals surface area contributed by atoms with Crippen LogP contribution in [0.5, 0.6) is 0 Å². The number of carbonyl (C=O) groups is 3. The number of phosphoric ester groups is 2. The Bertz CT molecular complexity index is 1800. The first-order valence-electron chi connectivity index (χ1n) is 33.6. The summed E-state index contributed by atoms with van der Waals surface area (Å²) < 4.78 is 60.8. The van der Waals surface area contributed by atoms with Gasteiger partial charge >= 0.3 is 33.6 Å². The van der Waals surface area contributed by atoms with Crippen molar-refractivity contribution in [3.05, 3.63) is 60.8 Å². The van der Waals surface area contributed by atoms with Crippen LogP contribution < -0.4 is 0 Å². The van der Waals surface area contributed by atoms with Crippen LogP contribution in [0.25, 0.3) is 0 Å². The van der Waals surface area contributed by atoms with Crippen molar-refractivity contribution in [3.63, 3.8) is 0 Å². The average molecular weight is 1250 g/mol. The number of ether oxygens (including phenoxy) is 3. The minimum atomic E-state index is -4.92. The fourth-order valence-corrected chi connectivity index (χ4v) is 10.6. The zero-order chi connectivity index (χ0) is 62.4. The fraction of sp³-hybridized carbons (Fsp3) is 0.806. The zero-order valence-electron chi connectivity index (χ0n) is 53.5. The molecule has 0 aromatic heterocycles. The Morgan fingerprint density at radius 1 is 0.329 bits per heavy atom. The van der Waals surface area contributed by atoms with E-state index in [2.05, 4.69) is 81.5 Å². The van der Waals surface area contributed by atoms with E-state index in [1.165, 1.54) is 122 Å². The van der Waals surface area contributed by atoms with Crippen LogP contribution in [-0.2, 0) is 55.8 Å². The molecule has 4 N–H and O–H groups in total. The van der Waals surface area contributed by atoms with Gasteiger partial charge < -0.3 is 34.2 Å². The van der Waals surface area contributed by atoms with Gasteiger partial charge in [0.1, 0.15) is 25.4 Å². The van der Waals surface area contributed by atoms with Gasteiger partial charge in [-0.25, -0.2) is 9.13 Å². The largest absolute Gasteiger partial charge is 0.472 e. The molecule has 0 spiro atoms. The summed E-state index contributed by atoms with van der Waals surface area (Å²) in [4.78, 5) is 58.3. The molecule has 0 aliphatic rings. The summed E-state index contributed by atoms with van der Waals surface area (Å²) in [6.07, 6.45) is 61.3. The monoisotopic (exact) mass is 1240 g/mol. The Morgan fingerprint density at radius 2 is 0.588 bits per heavy atom. The summed E-state index contributed by atoms with van der Waals surface area (Å²) in [5.74, 6) is -1.59. The summed E-state index contributed by atoms with van der Waals surface area (Å²) in [6.45, 7) is 2.62. The molecule has 0 heterocycles. The van der Waals surface area contributed by atoms with Crippen molar-refractivity contribution in [2.24, 2.45) is 0 Å².